The van der Waals surface area contributed by atoms with E-state index in [9.17, 15) is 9.59 Å². The van der Waals surface area contributed by atoms with Gasteiger partial charge in [0.15, 0.2) is 18.5 Å². The number of nitrogens with zero attached hydrogens (tertiary/aromatic N) is 2. The number of hydrogen-bond donors (Lipinski definition) is 2. The molecule has 1 atom stereocenters. The lowest BCUT2D eigenvalue weighted by molar-refractivity contribution is -0.149. The van der Waals surface area contributed by atoms with Crippen LogP contribution in [0.15, 0.2) is 24.3 Å². The normalized spacial score (nSPS) is 17.8. The van der Waals surface area contributed by atoms with Crippen molar-refractivity contribution in [1.82, 2.24) is 9.97 Å². The zero-order valence-electron chi connectivity index (χ0n) is 16.8. The molecular weight excluding hydrogens is 416 g/mol. The number of ether oxygens (including phenoxy) is 2. The fourth-order valence-electron chi connectivity index (χ4n) is 4.06. The van der Waals surface area contributed by atoms with E-state index in [1.54, 1.807) is 35.6 Å². The molecule has 9 heteroatoms. The van der Waals surface area contributed by atoms with Crippen molar-refractivity contribution in [3.63, 3.8) is 0 Å². The van der Waals surface area contributed by atoms with Gasteiger partial charge in [-0.2, -0.15) is 0 Å². The molecule has 31 heavy (non-hydrogen) atoms. The van der Waals surface area contributed by atoms with E-state index in [1.165, 1.54) is 23.3 Å². The molecule has 0 radical (unpaired) electrons. The van der Waals surface area contributed by atoms with E-state index >= 15 is 0 Å². The summed E-state index contributed by atoms with van der Waals surface area (Å²) in [5.41, 5.74) is 8.10. The first-order chi connectivity index (χ1) is 15.1. The van der Waals surface area contributed by atoms with Crippen LogP contribution in [0.5, 0.6) is 5.75 Å². The Bertz CT molecular complexity index is 1180. The number of fused-ring (bicyclic) bond motifs is 4. The predicted octanol–water partition coefficient (Wildman–Crippen LogP) is 3.38. The summed E-state index contributed by atoms with van der Waals surface area (Å²) in [6.45, 7) is -0.105. The number of benzene rings is 1. The lowest BCUT2D eigenvalue weighted by Crippen LogP contribution is -2.38. The van der Waals surface area contributed by atoms with Gasteiger partial charge in [0, 0.05) is 4.88 Å². The van der Waals surface area contributed by atoms with Gasteiger partial charge >= 0.3 is 5.97 Å². The number of aryl methyl sites for hydroxylation is 2. The first-order valence-electron chi connectivity index (χ1n) is 10.4. The quantitative estimate of drug-likeness (QED) is 0.474. The van der Waals surface area contributed by atoms with Crippen molar-refractivity contribution in [3.8, 4) is 5.75 Å². The molecule has 3 aromatic rings. The van der Waals surface area contributed by atoms with Crippen LogP contribution in [0.25, 0.3) is 10.2 Å². The molecule has 0 saturated carbocycles. The van der Waals surface area contributed by atoms with Gasteiger partial charge in [0.05, 0.1) is 17.5 Å². The molecule has 160 valence electrons. The van der Waals surface area contributed by atoms with Crippen LogP contribution in [-0.2, 0) is 33.8 Å². The summed E-state index contributed by atoms with van der Waals surface area (Å²) >= 11 is 1.65. The van der Waals surface area contributed by atoms with Gasteiger partial charge in [-0.15, -0.1) is 11.3 Å². The molecule has 8 nitrogen and oxygen atoms in total. The number of thiophene rings is 1. The monoisotopic (exact) mass is 438 g/mol. The molecule has 2 aliphatic rings. The second-order valence-corrected chi connectivity index (χ2v) is 8.81. The number of aromatic nitrogens is 2. The summed E-state index contributed by atoms with van der Waals surface area (Å²) in [6, 6.07) is 7.07. The van der Waals surface area contributed by atoms with Crippen LogP contribution in [0, 0.1) is 0 Å². The Hall–Kier alpha value is -3.20. The molecule has 0 spiro atoms. The number of nitrogens with two attached hydrogens (primary N) is 1. The summed E-state index contributed by atoms with van der Waals surface area (Å²) in [5.74, 6) is 0.372. The van der Waals surface area contributed by atoms with Crippen LogP contribution in [0.1, 0.15) is 41.9 Å². The Morgan fingerprint density at radius 3 is 2.97 bits per heavy atom. The Morgan fingerprint density at radius 1 is 1.23 bits per heavy atom. The maximum absolute atomic E-state index is 12.3. The van der Waals surface area contributed by atoms with Crippen LogP contribution >= 0.6 is 11.3 Å². The Morgan fingerprint density at radius 2 is 2.06 bits per heavy atom. The van der Waals surface area contributed by atoms with Gasteiger partial charge in [0.1, 0.15) is 16.4 Å². The van der Waals surface area contributed by atoms with Gasteiger partial charge in [-0.25, -0.2) is 9.97 Å². The zero-order chi connectivity index (χ0) is 21.4. The second-order valence-electron chi connectivity index (χ2n) is 7.73. The maximum Gasteiger partial charge on any atom is 0.310 e. The molecule has 5 rings (SSSR count). The van der Waals surface area contributed by atoms with Gasteiger partial charge in [0.2, 0.25) is 0 Å². The first-order valence-corrected chi connectivity index (χ1v) is 11.2. The molecule has 1 amide bonds. The van der Waals surface area contributed by atoms with Crippen molar-refractivity contribution in [2.45, 2.75) is 51.2 Å². The van der Waals surface area contributed by atoms with Gasteiger partial charge < -0.3 is 20.5 Å². The summed E-state index contributed by atoms with van der Waals surface area (Å²) in [7, 11) is 0. The molecule has 0 bridgehead atoms. The van der Waals surface area contributed by atoms with Gasteiger partial charge in [-0.3, -0.25) is 9.59 Å². The minimum Gasteiger partial charge on any atom is -0.478 e. The van der Waals surface area contributed by atoms with Gasteiger partial charge in [-0.1, -0.05) is 18.6 Å². The van der Waals surface area contributed by atoms with Crippen molar-refractivity contribution < 1.29 is 19.1 Å². The number of carbonyl (C=O) groups excluding carboxylic acids is 2. The predicted molar refractivity (Wildman–Crippen MR) is 117 cm³/mol. The van der Waals surface area contributed by atoms with E-state index in [1.807, 2.05) is 0 Å². The van der Waals surface area contributed by atoms with Gasteiger partial charge in [-0.05, 0) is 43.4 Å². The van der Waals surface area contributed by atoms with Crippen molar-refractivity contribution in [2.24, 2.45) is 0 Å². The molecule has 1 unspecified atom stereocenters. The fourth-order valence-corrected chi connectivity index (χ4v) is 5.34. The van der Waals surface area contributed by atoms with Crippen LogP contribution in [0.2, 0.25) is 0 Å². The topological polar surface area (TPSA) is 116 Å². The van der Waals surface area contributed by atoms with Crippen LogP contribution in [0.3, 0.4) is 0 Å². The van der Waals surface area contributed by atoms with Crippen molar-refractivity contribution >= 4 is 44.9 Å². The minimum atomic E-state index is -0.941. The molecule has 0 fully saturated rings. The van der Waals surface area contributed by atoms with Crippen molar-refractivity contribution in [1.29, 1.82) is 0 Å². The molecule has 1 aromatic carbocycles. The molecular formula is C22H22N4O4S. The number of carbonyl (C=O) groups is 2. The zero-order valence-corrected chi connectivity index (χ0v) is 17.7. The third-order valence-electron chi connectivity index (χ3n) is 5.56. The third-order valence-corrected chi connectivity index (χ3v) is 6.75. The maximum atomic E-state index is 12.3. The highest BCUT2D eigenvalue weighted by Crippen LogP contribution is 2.37. The molecule has 0 saturated heterocycles. The Kier molecular flexibility index (Phi) is 5.19. The van der Waals surface area contributed by atoms with E-state index in [-0.39, 0.29) is 18.9 Å². The number of esters is 1. The van der Waals surface area contributed by atoms with E-state index in [0.717, 1.165) is 29.5 Å². The van der Waals surface area contributed by atoms with Crippen molar-refractivity contribution in [2.75, 3.05) is 11.1 Å². The summed E-state index contributed by atoms with van der Waals surface area (Å²) in [4.78, 5) is 35.6. The number of nitrogen functional groups attached to an aromatic ring is 1. The summed E-state index contributed by atoms with van der Waals surface area (Å²) in [6.07, 6.45) is 4.47. The highest BCUT2D eigenvalue weighted by atomic mass is 32.1. The Labute approximate surface area is 182 Å². The molecule has 1 aliphatic carbocycles. The number of amides is 1. The second kappa shape index (κ2) is 8.14. The van der Waals surface area contributed by atoms with Crippen LogP contribution in [0.4, 0.5) is 11.5 Å². The van der Waals surface area contributed by atoms with Gasteiger partial charge in [0.25, 0.3) is 5.91 Å². The standard InChI is InChI=1S/C22H22N4O4S/c23-20-19-12-6-2-1-3-9-16(12)31-22(19)26-17(25-20)11-29-18(27)10-15-21(28)24-13-7-4-5-8-14(13)30-15/h4-5,7-8,15H,1-3,6,9-11H2,(H,24,28)(H2,23,25,26). The van der Waals surface area contributed by atoms with Crippen LogP contribution in [-0.4, -0.2) is 27.9 Å². The van der Waals surface area contributed by atoms with E-state index in [0.29, 0.717) is 23.1 Å². The van der Waals surface area contributed by atoms with E-state index < -0.39 is 12.1 Å². The highest BCUT2D eigenvalue weighted by Gasteiger charge is 2.30. The average Bonchev–Trinajstić information content (AvgIpc) is 2.94. The number of hydrogen-bond acceptors (Lipinski definition) is 8. The molecule has 3 N–H and O–H groups in total. The summed E-state index contributed by atoms with van der Waals surface area (Å²) in [5, 5.41) is 3.68. The smallest absolute Gasteiger partial charge is 0.310 e. The third kappa shape index (κ3) is 3.93. The van der Waals surface area contributed by atoms with E-state index in [4.69, 9.17) is 15.2 Å². The average molecular weight is 439 g/mol. The molecule has 3 heterocycles. The van der Waals surface area contributed by atoms with Crippen molar-refractivity contribution in [3.05, 3.63) is 40.5 Å². The van der Waals surface area contributed by atoms with Crippen LogP contribution < -0.4 is 15.8 Å². The fraction of sp³-hybridized carbons (Fsp3) is 0.364. The first kappa shape index (κ1) is 19.7. The number of rotatable bonds is 4. The number of anilines is 2. The van der Waals surface area contributed by atoms with E-state index in [2.05, 4.69) is 15.3 Å². The number of nitrogens with one attached hydrogen (secondary N) is 1. The lowest BCUT2D eigenvalue weighted by Gasteiger charge is -2.25. The molecule has 2 aromatic heterocycles. The largest absolute Gasteiger partial charge is 0.478 e. The SMILES string of the molecule is Nc1nc(COC(=O)CC2Oc3ccccc3NC2=O)nc2sc3c(c12)CCCCC3. The number of para-hydroxylation sites is 2. The minimum absolute atomic E-state index is 0.105. The lowest BCUT2D eigenvalue weighted by atomic mass is 10.1. The Balaban J connectivity index is 1.26. The molecule has 1 aliphatic heterocycles. The summed E-state index contributed by atoms with van der Waals surface area (Å²) < 4.78 is 11.0. The highest BCUT2D eigenvalue weighted by molar-refractivity contribution is 7.19.